The first-order valence-electron chi connectivity index (χ1n) is 8.54. The molecule has 2 bridgehead atoms. The Bertz CT molecular complexity index is 568. The van der Waals surface area contributed by atoms with E-state index in [-0.39, 0.29) is 6.42 Å². The number of benzene rings is 1. The molecule has 1 aromatic carbocycles. The predicted octanol–water partition coefficient (Wildman–Crippen LogP) is 3.46. The summed E-state index contributed by atoms with van der Waals surface area (Å²) in [7, 11) is 0. The van der Waals surface area contributed by atoms with Crippen molar-refractivity contribution in [2.45, 2.75) is 38.5 Å². The second kappa shape index (κ2) is 6.73. The average molecular weight is 316 g/mol. The Balaban J connectivity index is 1.73. The van der Waals surface area contributed by atoms with E-state index in [9.17, 15) is 19.8 Å². The van der Waals surface area contributed by atoms with Crippen LogP contribution in [0, 0.1) is 29.6 Å². The molecule has 0 spiro atoms. The van der Waals surface area contributed by atoms with Crippen LogP contribution >= 0.6 is 0 Å². The summed E-state index contributed by atoms with van der Waals surface area (Å²) in [4.78, 5) is 23.5. The molecular formula is C19H24O4. The summed E-state index contributed by atoms with van der Waals surface area (Å²) >= 11 is 0. The van der Waals surface area contributed by atoms with E-state index in [1.54, 1.807) is 0 Å². The number of carbonyl (C=O) groups is 2. The molecule has 2 fully saturated rings. The van der Waals surface area contributed by atoms with Crippen LogP contribution in [0.3, 0.4) is 0 Å². The van der Waals surface area contributed by atoms with Crippen LogP contribution in [0.15, 0.2) is 30.3 Å². The first-order valence-corrected chi connectivity index (χ1v) is 8.54. The van der Waals surface area contributed by atoms with Gasteiger partial charge in [0.1, 0.15) is 0 Å². The Morgan fingerprint density at radius 1 is 1.00 bits per heavy atom. The van der Waals surface area contributed by atoms with Gasteiger partial charge in [0.25, 0.3) is 0 Å². The van der Waals surface area contributed by atoms with E-state index in [1.807, 2.05) is 30.3 Å². The summed E-state index contributed by atoms with van der Waals surface area (Å²) in [5, 5.41) is 19.2. The maximum Gasteiger partial charge on any atom is 0.307 e. The summed E-state index contributed by atoms with van der Waals surface area (Å²) in [6, 6.07) is 9.34. The molecule has 3 rings (SSSR count). The van der Waals surface area contributed by atoms with E-state index in [1.165, 1.54) is 19.3 Å². The maximum atomic E-state index is 11.8. The highest BCUT2D eigenvalue weighted by Gasteiger charge is 2.43. The monoisotopic (exact) mass is 316 g/mol. The van der Waals surface area contributed by atoms with Crippen molar-refractivity contribution < 1.29 is 19.8 Å². The van der Waals surface area contributed by atoms with Crippen LogP contribution in [0.25, 0.3) is 0 Å². The van der Waals surface area contributed by atoms with Gasteiger partial charge in [0, 0.05) is 0 Å². The van der Waals surface area contributed by atoms with Crippen LogP contribution in [0.5, 0.6) is 0 Å². The lowest BCUT2D eigenvalue weighted by Gasteiger charge is -2.28. The second-order valence-corrected chi connectivity index (χ2v) is 7.25. The zero-order valence-corrected chi connectivity index (χ0v) is 13.2. The SMILES string of the molecule is O=C(O)[C@@H](Cc1ccccc1)[C@H](C[C@@H]1C[C@@H]2CC[C@H]1C2)C(=O)O. The normalized spacial score (nSPS) is 28.4. The highest BCUT2D eigenvalue weighted by molar-refractivity contribution is 5.80. The molecule has 0 radical (unpaired) electrons. The first kappa shape index (κ1) is 16.0. The van der Waals surface area contributed by atoms with Gasteiger partial charge < -0.3 is 10.2 Å². The zero-order valence-electron chi connectivity index (χ0n) is 13.2. The minimum atomic E-state index is -0.996. The van der Waals surface area contributed by atoms with E-state index in [4.69, 9.17) is 0 Å². The van der Waals surface area contributed by atoms with Gasteiger partial charge in [-0.25, -0.2) is 0 Å². The van der Waals surface area contributed by atoms with Crippen molar-refractivity contribution in [3.05, 3.63) is 35.9 Å². The lowest BCUT2D eigenvalue weighted by atomic mass is 9.76. The molecular weight excluding hydrogens is 292 g/mol. The van der Waals surface area contributed by atoms with Gasteiger partial charge in [-0.05, 0) is 55.4 Å². The predicted molar refractivity (Wildman–Crippen MR) is 86.0 cm³/mol. The molecule has 23 heavy (non-hydrogen) atoms. The van der Waals surface area contributed by atoms with Gasteiger partial charge in [0.05, 0.1) is 11.8 Å². The van der Waals surface area contributed by atoms with Crippen molar-refractivity contribution in [3.8, 4) is 0 Å². The highest BCUT2D eigenvalue weighted by Crippen LogP contribution is 2.51. The van der Waals surface area contributed by atoms with E-state index < -0.39 is 23.8 Å². The molecule has 4 heteroatoms. The number of carboxylic acid groups (broad SMARTS) is 2. The summed E-state index contributed by atoms with van der Waals surface area (Å²) in [5.74, 6) is -1.84. The van der Waals surface area contributed by atoms with Gasteiger partial charge in [-0.3, -0.25) is 9.59 Å². The molecule has 4 nitrogen and oxygen atoms in total. The minimum absolute atomic E-state index is 0.286. The summed E-state index contributed by atoms with van der Waals surface area (Å²) in [5.41, 5.74) is 0.888. The van der Waals surface area contributed by atoms with Gasteiger partial charge in [0.15, 0.2) is 0 Å². The van der Waals surface area contributed by atoms with Crippen molar-refractivity contribution in [2.75, 3.05) is 0 Å². The molecule has 0 amide bonds. The van der Waals surface area contributed by atoms with Gasteiger partial charge in [0.2, 0.25) is 0 Å². The second-order valence-electron chi connectivity index (χ2n) is 7.25. The molecule has 2 aliphatic rings. The fraction of sp³-hybridized carbons (Fsp3) is 0.579. The van der Waals surface area contributed by atoms with Crippen LogP contribution < -0.4 is 0 Å². The van der Waals surface area contributed by atoms with Crippen LogP contribution in [0.4, 0.5) is 0 Å². The van der Waals surface area contributed by atoms with Gasteiger partial charge >= 0.3 is 11.9 Å². The Hall–Kier alpha value is -1.84. The number of hydrogen-bond donors (Lipinski definition) is 2. The van der Waals surface area contributed by atoms with Crippen LogP contribution in [0.1, 0.15) is 37.7 Å². The number of hydrogen-bond acceptors (Lipinski definition) is 2. The van der Waals surface area contributed by atoms with E-state index >= 15 is 0 Å². The molecule has 0 aromatic heterocycles. The molecule has 0 heterocycles. The molecule has 124 valence electrons. The lowest BCUT2D eigenvalue weighted by molar-refractivity contribution is -0.154. The van der Waals surface area contributed by atoms with Crippen LogP contribution in [-0.4, -0.2) is 22.2 Å². The first-order chi connectivity index (χ1) is 11.0. The van der Waals surface area contributed by atoms with Gasteiger partial charge in [-0.15, -0.1) is 0 Å². The molecule has 0 unspecified atom stereocenters. The fourth-order valence-corrected chi connectivity index (χ4v) is 4.70. The summed E-state index contributed by atoms with van der Waals surface area (Å²) in [6.07, 6.45) is 5.57. The van der Waals surface area contributed by atoms with Gasteiger partial charge in [-0.1, -0.05) is 36.8 Å². The molecule has 2 N–H and O–H groups in total. The van der Waals surface area contributed by atoms with Crippen molar-refractivity contribution in [1.82, 2.24) is 0 Å². The third kappa shape index (κ3) is 3.57. The quantitative estimate of drug-likeness (QED) is 0.808. The van der Waals surface area contributed by atoms with Crippen molar-refractivity contribution in [2.24, 2.45) is 29.6 Å². The standard InChI is InChI=1S/C19H24O4/c20-18(21)16(10-12-4-2-1-3-5-12)17(19(22)23)11-15-9-13-6-7-14(15)8-13/h1-5,13-17H,6-11H2,(H,20,21)(H,22,23)/t13-,14+,15+,16+,17+/m1/s1. The lowest BCUT2D eigenvalue weighted by Crippen LogP contribution is -2.34. The Morgan fingerprint density at radius 2 is 1.70 bits per heavy atom. The Kier molecular flexibility index (Phi) is 4.69. The topological polar surface area (TPSA) is 74.6 Å². The zero-order chi connectivity index (χ0) is 16.4. The third-order valence-electron chi connectivity index (χ3n) is 5.86. The number of fused-ring (bicyclic) bond motifs is 2. The molecule has 2 saturated carbocycles. The summed E-state index contributed by atoms with van der Waals surface area (Å²) < 4.78 is 0. The minimum Gasteiger partial charge on any atom is -0.481 e. The number of carboxylic acids is 2. The largest absolute Gasteiger partial charge is 0.481 e. The molecule has 5 atom stereocenters. The van der Waals surface area contributed by atoms with Crippen molar-refractivity contribution >= 4 is 11.9 Å². The molecule has 1 aromatic rings. The van der Waals surface area contributed by atoms with Crippen LogP contribution in [-0.2, 0) is 16.0 Å². The molecule has 0 aliphatic heterocycles. The summed E-state index contributed by atoms with van der Waals surface area (Å²) in [6.45, 7) is 0. The Morgan fingerprint density at radius 3 is 2.22 bits per heavy atom. The van der Waals surface area contributed by atoms with E-state index in [0.29, 0.717) is 18.3 Å². The molecule has 0 saturated heterocycles. The van der Waals surface area contributed by atoms with Crippen LogP contribution in [0.2, 0.25) is 0 Å². The molecule has 2 aliphatic carbocycles. The van der Waals surface area contributed by atoms with Crippen molar-refractivity contribution in [1.29, 1.82) is 0 Å². The smallest absolute Gasteiger partial charge is 0.307 e. The van der Waals surface area contributed by atoms with Gasteiger partial charge in [-0.2, -0.15) is 0 Å². The Labute approximate surface area is 136 Å². The maximum absolute atomic E-state index is 11.8. The van der Waals surface area contributed by atoms with E-state index in [0.717, 1.165) is 17.9 Å². The highest BCUT2D eigenvalue weighted by atomic mass is 16.4. The van der Waals surface area contributed by atoms with Crippen molar-refractivity contribution in [3.63, 3.8) is 0 Å². The third-order valence-corrected chi connectivity index (χ3v) is 5.86. The fourth-order valence-electron chi connectivity index (χ4n) is 4.70. The van der Waals surface area contributed by atoms with E-state index in [2.05, 4.69) is 0 Å². The number of aliphatic carboxylic acids is 2. The average Bonchev–Trinajstić information content (AvgIpc) is 3.14. The number of rotatable bonds is 7.